The average Bonchev–Trinajstić information content (AvgIpc) is 3.43. The van der Waals surface area contributed by atoms with Gasteiger partial charge < -0.3 is 20.3 Å². The number of carbonyl (C=O) groups excluding carboxylic acids is 3. The first-order valence-electron chi connectivity index (χ1n) is 13.5. The number of likely N-dealkylation sites (tertiary alicyclic amines) is 1. The second-order valence-corrected chi connectivity index (χ2v) is 11.7. The Morgan fingerprint density at radius 1 is 1.10 bits per heavy atom. The number of nitrogens with one attached hydrogen (secondary N) is 2. The Morgan fingerprint density at radius 2 is 1.83 bits per heavy atom. The summed E-state index contributed by atoms with van der Waals surface area (Å²) in [7, 11) is 1.49. The van der Waals surface area contributed by atoms with E-state index in [-0.39, 0.29) is 30.3 Å². The number of fused-ring (bicyclic) bond motifs is 3. The Kier molecular flexibility index (Phi) is 6.41. The van der Waals surface area contributed by atoms with E-state index in [1.54, 1.807) is 26.1 Å². The van der Waals surface area contributed by atoms with Crippen LogP contribution in [0.2, 0.25) is 0 Å². The summed E-state index contributed by atoms with van der Waals surface area (Å²) in [5.41, 5.74) is 1.93. The molecule has 3 aromatic rings. The molecule has 1 saturated heterocycles. The molecule has 0 saturated carbocycles. The quantitative estimate of drug-likeness (QED) is 0.485. The number of rotatable bonds is 5. The van der Waals surface area contributed by atoms with Crippen molar-refractivity contribution in [1.29, 1.82) is 0 Å². The summed E-state index contributed by atoms with van der Waals surface area (Å²) in [6.45, 7) is 3.16. The largest absolute Gasteiger partial charge is 0.380 e. The van der Waals surface area contributed by atoms with E-state index in [0.29, 0.717) is 24.3 Å². The molecule has 0 radical (unpaired) electrons. The fraction of sp³-hybridized carbons (Fsp3) is 0.355. The average molecular weight is 561 g/mol. The summed E-state index contributed by atoms with van der Waals surface area (Å²) in [5.74, 6) is -1.84. The molecule has 6 rings (SSSR count). The van der Waals surface area contributed by atoms with Gasteiger partial charge in [0.15, 0.2) is 0 Å². The molecule has 2 aromatic carbocycles. The zero-order valence-electron chi connectivity index (χ0n) is 23.0. The van der Waals surface area contributed by atoms with Crippen LogP contribution >= 0.6 is 0 Å². The van der Waals surface area contributed by atoms with Gasteiger partial charge in [0.1, 0.15) is 24.0 Å². The van der Waals surface area contributed by atoms with Gasteiger partial charge in [0.25, 0.3) is 0 Å². The molecule has 41 heavy (non-hydrogen) atoms. The Hall–Kier alpha value is -4.18. The Bertz CT molecular complexity index is 1570. The van der Waals surface area contributed by atoms with Crippen LogP contribution in [0.15, 0.2) is 54.7 Å². The molecule has 10 heteroatoms. The molecule has 3 amide bonds. The van der Waals surface area contributed by atoms with E-state index in [1.165, 1.54) is 24.1 Å². The van der Waals surface area contributed by atoms with Crippen LogP contribution in [-0.2, 0) is 37.4 Å². The molecular formula is C31H30F2N4O4. The van der Waals surface area contributed by atoms with Crippen LogP contribution in [0, 0.1) is 17.0 Å². The molecule has 3 heterocycles. The number of anilines is 2. The zero-order valence-corrected chi connectivity index (χ0v) is 23.0. The first-order chi connectivity index (χ1) is 19.5. The van der Waals surface area contributed by atoms with Crippen molar-refractivity contribution in [3.05, 3.63) is 88.6 Å². The number of nitrogens with zero attached hydrogens (tertiary/aromatic N) is 2. The van der Waals surface area contributed by atoms with Gasteiger partial charge in [0.2, 0.25) is 17.7 Å². The van der Waals surface area contributed by atoms with E-state index in [9.17, 15) is 23.2 Å². The maximum atomic E-state index is 14.1. The van der Waals surface area contributed by atoms with Gasteiger partial charge in [-0.15, -0.1) is 0 Å². The summed E-state index contributed by atoms with van der Waals surface area (Å²) in [5, 5.41) is 5.76. The van der Waals surface area contributed by atoms with Crippen molar-refractivity contribution in [3.63, 3.8) is 0 Å². The number of halogens is 2. The molecule has 0 bridgehead atoms. The Labute approximate surface area is 236 Å². The number of methoxy groups -OCH3 is 1. The maximum Gasteiger partial charge on any atom is 0.244 e. The van der Waals surface area contributed by atoms with Crippen LogP contribution in [0.3, 0.4) is 0 Å². The van der Waals surface area contributed by atoms with Gasteiger partial charge in [-0.25, -0.2) is 13.8 Å². The van der Waals surface area contributed by atoms with Gasteiger partial charge >= 0.3 is 0 Å². The van der Waals surface area contributed by atoms with E-state index in [0.717, 1.165) is 22.8 Å². The van der Waals surface area contributed by atoms with Crippen LogP contribution in [0.5, 0.6) is 0 Å². The maximum absolute atomic E-state index is 14.1. The molecular weight excluding hydrogens is 530 g/mol. The minimum absolute atomic E-state index is 0.0894. The number of ether oxygens (including phenoxy) is 1. The van der Waals surface area contributed by atoms with Crippen molar-refractivity contribution in [1.82, 2.24) is 9.88 Å². The van der Waals surface area contributed by atoms with Crippen molar-refractivity contribution >= 4 is 29.2 Å². The Morgan fingerprint density at radius 3 is 2.56 bits per heavy atom. The highest BCUT2D eigenvalue weighted by atomic mass is 19.1. The molecule has 2 aliphatic heterocycles. The van der Waals surface area contributed by atoms with E-state index >= 15 is 0 Å². The van der Waals surface area contributed by atoms with E-state index in [1.807, 2.05) is 24.3 Å². The number of hydrogen-bond donors (Lipinski definition) is 2. The molecule has 3 atom stereocenters. The van der Waals surface area contributed by atoms with Crippen LogP contribution in [0.25, 0.3) is 0 Å². The summed E-state index contributed by atoms with van der Waals surface area (Å²) < 4.78 is 33.8. The highest BCUT2D eigenvalue weighted by molar-refractivity contribution is 6.06. The number of pyridine rings is 1. The van der Waals surface area contributed by atoms with Gasteiger partial charge in [-0.05, 0) is 80.1 Å². The van der Waals surface area contributed by atoms with Crippen LogP contribution in [0.4, 0.5) is 20.3 Å². The zero-order chi connectivity index (χ0) is 29.1. The van der Waals surface area contributed by atoms with Gasteiger partial charge in [-0.3, -0.25) is 14.4 Å². The molecule has 8 nitrogen and oxygen atoms in total. The molecule has 212 valence electrons. The van der Waals surface area contributed by atoms with Crippen molar-refractivity contribution < 1.29 is 27.9 Å². The summed E-state index contributed by atoms with van der Waals surface area (Å²) in [6.07, 6.45) is 2.41. The number of piperidine rings is 1. The summed E-state index contributed by atoms with van der Waals surface area (Å²) in [4.78, 5) is 45.6. The smallest absolute Gasteiger partial charge is 0.244 e. The second-order valence-electron chi connectivity index (χ2n) is 11.7. The third-order valence-corrected chi connectivity index (χ3v) is 8.76. The van der Waals surface area contributed by atoms with Gasteiger partial charge in [0.05, 0.1) is 23.0 Å². The number of hydrogen-bond acceptors (Lipinski definition) is 5. The minimum atomic E-state index is -0.952. The van der Waals surface area contributed by atoms with Crippen molar-refractivity contribution in [2.75, 3.05) is 24.3 Å². The molecule has 2 N–H and O–H groups in total. The van der Waals surface area contributed by atoms with Crippen LogP contribution in [0.1, 0.15) is 48.6 Å². The SMILES string of the molecule is COC1CC(c2cc(F)cc(F)c2)N(CC(=O)Nc2ccc3c(c2)CC2(C3)C(=O)Nc3ncccc32)C(=O)C1(C)C. The lowest BCUT2D eigenvalue weighted by molar-refractivity contribution is -0.163. The number of amides is 3. The van der Waals surface area contributed by atoms with E-state index < -0.39 is 40.5 Å². The van der Waals surface area contributed by atoms with Gasteiger partial charge in [-0.1, -0.05) is 12.1 Å². The monoisotopic (exact) mass is 560 g/mol. The predicted molar refractivity (Wildman–Crippen MR) is 147 cm³/mol. The standard InChI is InChI=1S/C31H30F2N4O4/c1-30(2)25(41-3)13-24(18-9-20(32)12-21(33)10-18)37(29(30)40)16-26(38)35-22-7-6-17-14-31(15-19(17)11-22)23-5-4-8-34-27(23)36-28(31)39/h4-12,24-25H,13-16H2,1-3H3,(H,35,38)(H,34,36,39). The number of benzene rings is 2. The second kappa shape index (κ2) is 9.73. The molecule has 1 aliphatic carbocycles. The molecule has 3 aliphatic rings. The summed E-state index contributed by atoms with van der Waals surface area (Å²) in [6, 6.07) is 11.6. The topological polar surface area (TPSA) is 101 Å². The predicted octanol–water partition coefficient (Wildman–Crippen LogP) is 4.30. The first-order valence-corrected chi connectivity index (χ1v) is 13.5. The van der Waals surface area contributed by atoms with Crippen LogP contribution < -0.4 is 10.6 Å². The highest BCUT2D eigenvalue weighted by Crippen LogP contribution is 2.47. The van der Waals surface area contributed by atoms with E-state index in [4.69, 9.17) is 4.74 Å². The minimum Gasteiger partial charge on any atom is -0.380 e. The third kappa shape index (κ3) is 4.46. The lowest BCUT2D eigenvalue weighted by Gasteiger charge is -2.47. The van der Waals surface area contributed by atoms with Crippen molar-refractivity contribution in [2.45, 2.75) is 50.7 Å². The Balaban J connectivity index is 1.23. The molecule has 1 spiro atoms. The molecule has 1 fully saturated rings. The fourth-order valence-corrected chi connectivity index (χ4v) is 6.63. The van der Waals surface area contributed by atoms with Crippen molar-refractivity contribution in [3.8, 4) is 0 Å². The fourth-order valence-electron chi connectivity index (χ4n) is 6.63. The lowest BCUT2D eigenvalue weighted by atomic mass is 9.76. The van der Waals surface area contributed by atoms with Crippen molar-refractivity contribution in [2.24, 2.45) is 5.41 Å². The third-order valence-electron chi connectivity index (χ3n) is 8.76. The normalized spacial score (nSPS) is 24.3. The first kappa shape index (κ1) is 27.0. The van der Waals surface area contributed by atoms with E-state index in [2.05, 4.69) is 15.6 Å². The van der Waals surface area contributed by atoms with Crippen LogP contribution in [-0.4, -0.2) is 47.4 Å². The number of aromatic nitrogens is 1. The molecule has 1 aromatic heterocycles. The summed E-state index contributed by atoms with van der Waals surface area (Å²) >= 11 is 0. The molecule has 3 unspecified atom stereocenters. The number of carbonyl (C=O) groups is 3. The lowest BCUT2D eigenvalue weighted by Crippen LogP contribution is -2.56. The van der Waals surface area contributed by atoms with Gasteiger partial charge in [-0.2, -0.15) is 0 Å². The highest BCUT2D eigenvalue weighted by Gasteiger charge is 2.51. The van der Waals surface area contributed by atoms with Gasteiger partial charge in [0, 0.05) is 30.6 Å².